The van der Waals surface area contributed by atoms with Crippen molar-refractivity contribution in [2.24, 2.45) is 4.99 Å². The minimum absolute atomic E-state index is 0.0345. The summed E-state index contributed by atoms with van der Waals surface area (Å²) in [6.07, 6.45) is 3.43. The number of aliphatic imine (C=N–C) groups is 1. The molecule has 0 atom stereocenters. The smallest absolute Gasteiger partial charge is 0.191 e. The summed E-state index contributed by atoms with van der Waals surface area (Å²) < 4.78 is 0. The highest BCUT2D eigenvalue weighted by atomic mass is 35.5. The molecule has 0 fully saturated rings. The number of pyridine rings is 1. The average Bonchev–Trinajstić information content (AvgIpc) is 2.56. The first-order valence-corrected chi connectivity index (χ1v) is 9.06. The van der Waals surface area contributed by atoms with Crippen molar-refractivity contribution in [2.75, 3.05) is 6.54 Å². The fourth-order valence-corrected chi connectivity index (χ4v) is 3.72. The quantitative estimate of drug-likeness (QED) is 0.820. The molecule has 0 saturated carbocycles. The van der Waals surface area contributed by atoms with Gasteiger partial charge in [-0.3, -0.25) is 9.79 Å². The van der Waals surface area contributed by atoms with Gasteiger partial charge in [0, 0.05) is 40.4 Å². The Morgan fingerprint density at radius 1 is 1.15 bits per heavy atom. The summed E-state index contributed by atoms with van der Waals surface area (Å²) in [6, 6.07) is 5.70. The highest BCUT2D eigenvalue weighted by Crippen LogP contribution is 2.34. The summed E-state index contributed by atoms with van der Waals surface area (Å²) in [5, 5.41) is 3.80. The molecule has 0 amide bonds. The highest BCUT2D eigenvalue weighted by Gasteiger charge is 2.20. The third-order valence-corrected chi connectivity index (χ3v) is 4.92. The Labute approximate surface area is 159 Å². The van der Waals surface area contributed by atoms with Crippen molar-refractivity contribution in [3.63, 3.8) is 0 Å². The molecule has 4 nitrogen and oxygen atoms in total. The van der Waals surface area contributed by atoms with Gasteiger partial charge in [0.25, 0.3) is 0 Å². The van der Waals surface area contributed by atoms with E-state index < -0.39 is 0 Å². The van der Waals surface area contributed by atoms with Crippen LogP contribution >= 0.6 is 11.6 Å². The molecule has 2 N–H and O–H groups in total. The van der Waals surface area contributed by atoms with Crippen LogP contribution < -0.4 is 10.7 Å². The highest BCUT2D eigenvalue weighted by molar-refractivity contribution is 6.31. The molecule has 1 aliphatic heterocycles. The minimum atomic E-state index is -0.0393. The SMILES string of the molecule is Cc1cc(C(C)(C)C)c(Cl)cc1-c1cc(=O)c(C2=NC=CNC2)c(C)[nH]1. The Bertz CT molecular complexity index is 978. The molecule has 1 aliphatic rings. The average molecular weight is 370 g/mol. The fraction of sp³-hybridized carbons (Fsp3) is 0.333. The number of nitrogens with zero attached hydrogens (tertiary/aromatic N) is 1. The predicted molar refractivity (Wildman–Crippen MR) is 109 cm³/mol. The lowest BCUT2D eigenvalue weighted by atomic mass is 9.85. The van der Waals surface area contributed by atoms with E-state index in [1.807, 2.05) is 19.9 Å². The molecule has 1 aromatic heterocycles. The normalized spacial score (nSPS) is 14.2. The van der Waals surface area contributed by atoms with Crippen LogP contribution in [0.2, 0.25) is 5.02 Å². The second-order valence-electron chi connectivity index (χ2n) is 7.72. The number of halogens is 1. The van der Waals surface area contributed by atoms with Gasteiger partial charge in [0.15, 0.2) is 5.43 Å². The lowest BCUT2D eigenvalue weighted by Crippen LogP contribution is -2.28. The van der Waals surface area contributed by atoms with Gasteiger partial charge in [-0.2, -0.15) is 0 Å². The van der Waals surface area contributed by atoms with E-state index in [4.69, 9.17) is 11.6 Å². The van der Waals surface area contributed by atoms with Gasteiger partial charge in [0.2, 0.25) is 0 Å². The Hall–Kier alpha value is -2.33. The van der Waals surface area contributed by atoms with Gasteiger partial charge >= 0.3 is 0 Å². The van der Waals surface area contributed by atoms with E-state index in [1.54, 1.807) is 18.5 Å². The lowest BCUT2D eigenvalue weighted by Gasteiger charge is -2.22. The van der Waals surface area contributed by atoms with Crippen LogP contribution in [0.15, 0.2) is 40.4 Å². The number of hydrogen-bond acceptors (Lipinski definition) is 3. The van der Waals surface area contributed by atoms with Crippen molar-refractivity contribution in [1.29, 1.82) is 0 Å². The number of hydrogen-bond donors (Lipinski definition) is 2. The maximum Gasteiger partial charge on any atom is 0.191 e. The van der Waals surface area contributed by atoms with E-state index in [0.717, 1.165) is 33.8 Å². The molecule has 2 heterocycles. The van der Waals surface area contributed by atoms with Crippen molar-refractivity contribution in [1.82, 2.24) is 10.3 Å². The molecule has 136 valence electrons. The monoisotopic (exact) mass is 369 g/mol. The van der Waals surface area contributed by atoms with Crippen LogP contribution in [0.3, 0.4) is 0 Å². The zero-order valence-corrected chi connectivity index (χ0v) is 16.6. The van der Waals surface area contributed by atoms with Crippen LogP contribution in [0, 0.1) is 13.8 Å². The first-order valence-electron chi connectivity index (χ1n) is 8.69. The third-order valence-electron chi connectivity index (χ3n) is 4.61. The molecule has 2 aromatic rings. The molecule has 0 radical (unpaired) electrons. The summed E-state index contributed by atoms with van der Waals surface area (Å²) in [5.74, 6) is 0. The molecule has 0 aliphatic carbocycles. The molecule has 0 spiro atoms. The van der Waals surface area contributed by atoms with Crippen LogP contribution in [0.5, 0.6) is 0 Å². The number of rotatable bonds is 2. The van der Waals surface area contributed by atoms with Crippen molar-refractivity contribution < 1.29 is 0 Å². The van der Waals surface area contributed by atoms with Crippen LogP contribution in [0.1, 0.15) is 43.2 Å². The van der Waals surface area contributed by atoms with Crippen molar-refractivity contribution in [3.05, 3.63) is 68.2 Å². The van der Waals surface area contributed by atoms with Crippen LogP contribution in [-0.4, -0.2) is 17.2 Å². The molecule has 3 rings (SSSR count). The standard InChI is InChI=1S/C21H24ClN3O/c1-12-8-15(21(3,4)5)16(22)9-14(12)17-10-19(26)20(13(2)25-17)18-11-23-6-7-24-18/h6-10,23H,11H2,1-5H3,(H,25,26). The Morgan fingerprint density at radius 2 is 1.88 bits per heavy atom. The Balaban J connectivity index is 2.12. The van der Waals surface area contributed by atoms with Crippen molar-refractivity contribution in [3.8, 4) is 11.3 Å². The first kappa shape index (κ1) is 18.5. The summed E-state index contributed by atoms with van der Waals surface area (Å²) in [7, 11) is 0. The molecular formula is C21H24ClN3O. The van der Waals surface area contributed by atoms with Crippen molar-refractivity contribution >= 4 is 17.3 Å². The van der Waals surface area contributed by atoms with Crippen molar-refractivity contribution in [2.45, 2.75) is 40.0 Å². The summed E-state index contributed by atoms with van der Waals surface area (Å²) in [6.45, 7) is 10.9. The number of aromatic amines is 1. The largest absolute Gasteiger partial charge is 0.384 e. The summed E-state index contributed by atoms with van der Waals surface area (Å²) in [4.78, 5) is 20.5. The van der Waals surface area contributed by atoms with Gasteiger partial charge in [-0.05, 0) is 36.5 Å². The van der Waals surface area contributed by atoms with E-state index in [0.29, 0.717) is 17.1 Å². The Kier molecular flexibility index (Phi) is 4.80. The van der Waals surface area contributed by atoms with E-state index >= 15 is 0 Å². The molecule has 0 bridgehead atoms. The van der Waals surface area contributed by atoms with Crippen LogP contribution in [0.4, 0.5) is 0 Å². The first-order chi connectivity index (χ1) is 12.2. The zero-order chi connectivity index (χ0) is 19.1. The summed E-state index contributed by atoms with van der Waals surface area (Å²) >= 11 is 6.54. The number of aromatic nitrogens is 1. The third kappa shape index (κ3) is 3.47. The van der Waals surface area contributed by atoms with Crippen LogP contribution in [0.25, 0.3) is 11.3 Å². The molecule has 0 unspecified atom stereocenters. The predicted octanol–water partition coefficient (Wildman–Crippen LogP) is 4.47. The molecule has 26 heavy (non-hydrogen) atoms. The van der Waals surface area contributed by atoms with E-state index in [1.165, 1.54) is 0 Å². The second-order valence-corrected chi connectivity index (χ2v) is 8.12. The maximum absolute atomic E-state index is 12.8. The van der Waals surface area contributed by atoms with Crippen LogP contribution in [-0.2, 0) is 5.41 Å². The van der Waals surface area contributed by atoms with Gasteiger partial charge < -0.3 is 10.3 Å². The fourth-order valence-electron chi connectivity index (χ4n) is 3.27. The lowest BCUT2D eigenvalue weighted by molar-refractivity contribution is 0.590. The molecule has 5 heteroatoms. The van der Waals surface area contributed by atoms with Gasteiger partial charge in [-0.15, -0.1) is 0 Å². The Morgan fingerprint density at radius 3 is 2.46 bits per heavy atom. The number of nitrogens with one attached hydrogen (secondary N) is 2. The van der Waals surface area contributed by atoms with E-state index in [-0.39, 0.29) is 10.8 Å². The number of H-pyrrole nitrogens is 1. The second kappa shape index (κ2) is 6.76. The van der Waals surface area contributed by atoms with E-state index in [2.05, 4.69) is 42.1 Å². The molecule has 0 saturated heterocycles. The summed E-state index contributed by atoms with van der Waals surface area (Å²) in [5.41, 5.74) is 6.01. The number of benzene rings is 1. The van der Waals surface area contributed by atoms with Gasteiger partial charge in [-0.25, -0.2) is 0 Å². The minimum Gasteiger partial charge on any atom is -0.384 e. The number of aryl methyl sites for hydroxylation is 2. The molecular weight excluding hydrogens is 346 g/mol. The van der Waals surface area contributed by atoms with Gasteiger partial charge in [0.1, 0.15) is 0 Å². The van der Waals surface area contributed by atoms with Gasteiger partial charge in [-0.1, -0.05) is 38.4 Å². The van der Waals surface area contributed by atoms with E-state index in [9.17, 15) is 4.79 Å². The maximum atomic E-state index is 12.8. The topological polar surface area (TPSA) is 57.2 Å². The molecule has 1 aromatic carbocycles. The zero-order valence-electron chi connectivity index (χ0n) is 15.8. The van der Waals surface area contributed by atoms with Gasteiger partial charge in [0.05, 0.1) is 17.8 Å².